The van der Waals surface area contributed by atoms with Crippen LogP contribution in [0.5, 0.6) is 5.88 Å². The van der Waals surface area contributed by atoms with Crippen molar-refractivity contribution in [3.8, 4) is 5.88 Å². The summed E-state index contributed by atoms with van der Waals surface area (Å²) in [4.78, 5) is 14.2. The first kappa shape index (κ1) is 12.4. The Morgan fingerprint density at radius 3 is 2.62 bits per heavy atom. The van der Waals surface area contributed by atoms with E-state index in [0.717, 1.165) is 6.07 Å². The third kappa shape index (κ3) is 2.93. The van der Waals surface area contributed by atoms with Gasteiger partial charge in [-0.3, -0.25) is 4.79 Å². The van der Waals surface area contributed by atoms with Gasteiger partial charge in [-0.25, -0.2) is 4.98 Å². The van der Waals surface area contributed by atoms with Crippen LogP contribution in [-0.2, 0) is 6.54 Å². The van der Waals surface area contributed by atoms with Crippen LogP contribution in [0.2, 0.25) is 0 Å². The lowest BCUT2D eigenvalue weighted by atomic mass is 10.1. The highest BCUT2D eigenvalue weighted by atomic mass is 19.4. The fourth-order valence-corrected chi connectivity index (χ4v) is 1.22. The SMILES string of the molecule is Cc1nc(OC(F)(F)F)cc(CN)c1C=O. The molecule has 0 spiro atoms. The quantitative estimate of drug-likeness (QED) is 0.806. The average Bonchev–Trinajstić information content (AvgIpc) is 2.14. The minimum absolute atomic E-state index is 0.0638. The predicted octanol–water partition coefficient (Wildman–Crippen LogP) is 1.56. The van der Waals surface area contributed by atoms with Gasteiger partial charge in [0.15, 0.2) is 6.29 Å². The smallest absolute Gasteiger partial charge is 0.388 e. The van der Waals surface area contributed by atoms with Gasteiger partial charge in [-0.05, 0) is 12.5 Å². The van der Waals surface area contributed by atoms with E-state index in [-0.39, 0.29) is 23.4 Å². The first-order valence-electron chi connectivity index (χ1n) is 4.29. The van der Waals surface area contributed by atoms with E-state index < -0.39 is 12.2 Å². The van der Waals surface area contributed by atoms with Crippen LogP contribution < -0.4 is 10.5 Å². The third-order valence-electron chi connectivity index (χ3n) is 1.87. The fourth-order valence-electron chi connectivity index (χ4n) is 1.22. The Labute approximate surface area is 89.2 Å². The third-order valence-corrected chi connectivity index (χ3v) is 1.87. The number of pyridine rings is 1. The second-order valence-electron chi connectivity index (χ2n) is 2.99. The van der Waals surface area contributed by atoms with Gasteiger partial charge in [-0.2, -0.15) is 0 Å². The zero-order valence-electron chi connectivity index (χ0n) is 8.34. The van der Waals surface area contributed by atoms with Gasteiger partial charge in [-0.15, -0.1) is 13.2 Å². The molecule has 1 aromatic heterocycles. The number of aromatic nitrogens is 1. The Morgan fingerprint density at radius 2 is 2.19 bits per heavy atom. The summed E-state index contributed by atoms with van der Waals surface area (Å²) in [6.45, 7) is 1.35. The number of carbonyl (C=O) groups is 1. The molecule has 0 bridgehead atoms. The highest BCUT2D eigenvalue weighted by Crippen LogP contribution is 2.23. The molecule has 1 heterocycles. The van der Waals surface area contributed by atoms with E-state index in [0.29, 0.717) is 6.29 Å². The zero-order chi connectivity index (χ0) is 12.3. The molecule has 0 aliphatic rings. The van der Waals surface area contributed by atoms with Crippen LogP contribution in [0, 0.1) is 6.92 Å². The number of nitrogens with two attached hydrogens (primary N) is 1. The lowest BCUT2D eigenvalue weighted by molar-refractivity contribution is -0.276. The standard InChI is InChI=1S/C9H9F3N2O2/c1-5-7(4-15)6(3-13)2-8(14-5)16-9(10,11)12/h2,4H,3,13H2,1H3. The molecule has 2 N–H and O–H groups in total. The van der Waals surface area contributed by atoms with Crippen molar-refractivity contribution in [1.82, 2.24) is 4.98 Å². The number of aldehydes is 1. The van der Waals surface area contributed by atoms with Gasteiger partial charge < -0.3 is 10.5 Å². The number of hydrogen-bond acceptors (Lipinski definition) is 4. The topological polar surface area (TPSA) is 65.2 Å². The van der Waals surface area contributed by atoms with E-state index in [9.17, 15) is 18.0 Å². The number of hydrogen-bond donors (Lipinski definition) is 1. The normalized spacial score (nSPS) is 11.3. The molecule has 0 aliphatic carbocycles. The number of halogens is 3. The molecule has 1 rings (SSSR count). The van der Waals surface area contributed by atoms with Crippen molar-refractivity contribution in [3.63, 3.8) is 0 Å². The van der Waals surface area contributed by atoms with Crippen molar-refractivity contribution < 1.29 is 22.7 Å². The van der Waals surface area contributed by atoms with Crippen LogP contribution in [0.3, 0.4) is 0 Å². The van der Waals surface area contributed by atoms with Crippen molar-refractivity contribution in [2.45, 2.75) is 19.8 Å². The molecule has 0 aromatic carbocycles. The van der Waals surface area contributed by atoms with Crippen molar-refractivity contribution in [2.24, 2.45) is 5.73 Å². The number of carbonyl (C=O) groups excluding carboxylic acids is 1. The highest BCUT2D eigenvalue weighted by Gasteiger charge is 2.32. The molecule has 1 aromatic rings. The fraction of sp³-hybridized carbons (Fsp3) is 0.333. The van der Waals surface area contributed by atoms with Crippen molar-refractivity contribution >= 4 is 6.29 Å². The van der Waals surface area contributed by atoms with Crippen molar-refractivity contribution in [3.05, 3.63) is 22.9 Å². The van der Waals surface area contributed by atoms with Crippen LogP contribution in [-0.4, -0.2) is 17.6 Å². The molecule has 7 heteroatoms. The molecular weight excluding hydrogens is 225 g/mol. The van der Waals surface area contributed by atoms with Crippen LogP contribution in [0.1, 0.15) is 21.6 Å². The number of rotatable bonds is 3. The number of aryl methyl sites for hydroxylation is 1. The summed E-state index contributed by atoms with van der Waals surface area (Å²) < 4.78 is 39.4. The Morgan fingerprint density at radius 1 is 1.56 bits per heavy atom. The van der Waals surface area contributed by atoms with Gasteiger partial charge in [0, 0.05) is 18.2 Å². The van der Waals surface area contributed by atoms with Crippen LogP contribution in [0.4, 0.5) is 13.2 Å². The van der Waals surface area contributed by atoms with Crippen LogP contribution in [0.15, 0.2) is 6.07 Å². The minimum atomic E-state index is -4.81. The first-order valence-corrected chi connectivity index (χ1v) is 4.29. The number of alkyl halides is 3. The van der Waals surface area contributed by atoms with Gasteiger partial charge in [0.25, 0.3) is 0 Å². The maximum absolute atomic E-state index is 11.9. The first-order chi connectivity index (χ1) is 7.37. The summed E-state index contributed by atoms with van der Waals surface area (Å²) in [5.41, 5.74) is 5.91. The predicted molar refractivity (Wildman–Crippen MR) is 48.9 cm³/mol. The largest absolute Gasteiger partial charge is 0.574 e. The minimum Gasteiger partial charge on any atom is -0.388 e. The summed E-state index contributed by atoms with van der Waals surface area (Å²) in [7, 11) is 0. The van der Waals surface area contributed by atoms with Gasteiger partial charge >= 0.3 is 6.36 Å². The molecule has 0 unspecified atom stereocenters. The summed E-state index contributed by atoms with van der Waals surface area (Å²) in [6.07, 6.45) is -4.31. The van der Waals surface area contributed by atoms with E-state index >= 15 is 0 Å². The monoisotopic (exact) mass is 234 g/mol. The van der Waals surface area contributed by atoms with E-state index in [2.05, 4.69) is 9.72 Å². The molecule has 0 radical (unpaired) electrons. The molecule has 16 heavy (non-hydrogen) atoms. The summed E-state index contributed by atoms with van der Waals surface area (Å²) >= 11 is 0. The van der Waals surface area contributed by atoms with E-state index in [1.165, 1.54) is 6.92 Å². The molecule has 4 nitrogen and oxygen atoms in total. The van der Waals surface area contributed by atoms with Crippen LogP contribution in [0.25, 0.3) is 0 Å². The van der Waals surface area contributed by atoms with Gasteiger partial charge in [0.2, 0.25) is 5.88 Å². The average molecular weight is 234 g/mol. The second kappa shape index (κ2) is 4.48. The maximum Gasteiger partial charge on any atom is 0.574 e. The van der Waals surface area contributed by atoms with E-state index in [4.69, 9.17) is 5.73 Å². The molecule has 88 valence electrons. The Bertz CT molecular complexity index is 404. The molecule has 0 atom stereocenters. The number of ether oxygens (including phenoxy) is 1. The van der Waals surface area contributed by atoms with Gasteiger partial charge in [-0.1, -0.05) is 0 Å². The molecular formula is C9H9F3N2O2. The lowest BCUT2D eigenvalue weighted by Crippen LogP contribution is -2.19. The maximum atomic E-state index is 11.9. The lowest BCUT2D eigenvalue weighted by Gasteiger charge is -2.11. The summed E-state index contributed by atoms with van der Waals surface area (Å²) in [5.74, 6) is -0.615. The Kier molecular flexibility index (Phi) is 3.48. The van der Waals surface area contributed by atoms with Gasteiger partial charge in [0.1, 0.15) is 0 Å². The molecule has 0 aliphatic heterocycles. The molecule has 0 saturated heterocycles. The summed E-state index contributed by atoms with van der Waals surface area (Å²) in [6, 6.07) is 1.00. The Balaban J connectivity index is 3.15. The summed E-state index contributed by atoms with van der Waals surface area (Å²) in [5, 5.41) is 0. The second-order valence-corrected chi connectivity index (χ2v) is 2.99. The highest BCUT2D eigenvalue weighted by molar-refractivity contribution is 5.79. The zero-order valence-corrected chi connectivity index (χ0v) is 8.34. The Hall–Kier alpha value is -1.63. The van der Waals surface area contributed by atoms with Gasteiger partial charge in [0.05, 0.1) is 5.69 Å². The van der Waals surface area contributed by atoms with Crippen LogP contribution >= 0.6 is 0 Å². The molecule has 0 saturated carbocycles. The molecule has 0 fully saturated rings. The van der Waals surface area contributed by atoms with Crippen molar-refractivity contribution in [2.75, 3.05) is 0 Å². The molecule has 0 amide bonds. The van der Waals surface area contributed by atoms with E-state index in [1.807, 2.05) is 0 Å². The van der Waals surface area contributed by atoms with Crippen molar-refractivity contribution in [1.29, 1.82) is 0 Å². The van der Waals surface area contributed by atoms with E-state index in [1.54, 1.807) is 0 Å². The number of nitrogens with zero attached hydrogens (tertiary/aromatic N) is 1.